The SMILES string of the molecule is Oc1ccc(C2(c3cccc(SF)c3)OSc3ccccc32)cc1. The molecule has 1 atom stereocenters. The van der Waals surface area contributed by atoms with Gasteiger partial charge in [0.05, 0.1) is 12.1 Å². The zero-order chi connectivity index (χ0) is 16.6. The molecule has 1 unspecified atom stereocenters. The molecular weight excluding hydrogens is 343 g/mol. The quantitative estimate of drug-likeness (QED) is 0.610. The van der Waals surface area contributed by atoms with Crippen LogP contribution in [0.1, 0.15) is 16.7 Å². The van der Waals surface area contributed by atoms with E-state index in [1.807, 2.05) is 48.5 Å². The van der Waals surface area contributed by atoms with Crippen LogP contribution in [-0.2, 0) is 9.78 Å². The minimum Gasteiger partial charge on any atom is -0.508 e. The van der Waals surface area contributed by atoms with Crippen molar-refractivity contribution >= 4 is 24.2 Å². The fourth-order valence-electron chi connectivity index (χ4n) is 3.02. The highest BCUT2D eigenvalue weighted by Crippen LogP contribution is 2.53. The first-order chi connectivity index (χ1) is 11.7. The third-order valence-electron chi connectivity index (χ3n) is 4.13. The lowest BCUT2D eigenvalue weighted by Crippen LogP contribution is -2.27. The van der Waals surface area contributed by atoms with Crippen molar-refractivity contribution in [3.8, 4) is 5.75 Å². The Bertz CT molecular complexity index is 883. The van der Waals surface area contributed by atoms with Crippen molar-refractivity contribution in [1.29, 1.82) is 0 Å². The van der Waals surface area contributed by atoms with E-state index in [4.69, 9.17) is 4.18 Å². The normalized spacial score (nSPS) is 19.2. The Labute approximate surface area is 148 Å². The first-order valence-corrected chi connectivity index (χ1v) is 8.84. The van der Waals surface area contributed by atoms with Crippen molar-refractivity contribution < 1.29 is 13.2 Å². The molecule has 1 aliphatic heterocycles. The average molecular weight is 356 g/mol. The van der Waals surface area contributed by atoms with E-state index in [2.05, 4.69) is 0 Å². The summed E-state index contributed by atoms with van der Waals surface area (Å²) in [5.74, 6) is 0.195. The van der Waals surface area contributed by atoms with Crippen LogP contribution in [0.2, 0.25) is 0 Å². The van der Waals surface area contributed by atoms with Gasteiger partial charge in [-0.05, 0) is 41.5 Å². The second kappa shape index (κ2) is 6.16. The lowest BCUT2D eigenvalue weighted by Gasteiger charge is -2.30. The van der Waals surface area contributed by atoms with Gasteiger partial charge in [0.15, 0.2) is 5.60 Å². The first kappa shape index (κ1) is 15.6. The minimum absolute atomic E-state index is 0.195. The summed E-state index contributed by atoms with van der Waals surface area (Å²) in [5, 5.41) is 9.63. The fourth-order valence-corrected chi connectivity index (χ4v) is 4.25. The highest BCUT2D eigenvalue weighted by molar-refractivity contribution is 7.95. The Morgan fingerprint density at radius 1 is 0.917 bits per heavy atom. The van der Waals surface area contributed by atoms with Gasteiger partial charge in [-0.2, -0.15) is 3.89 Å². The molecule has 0 amide bonds. The van der Waals surface area contributed by atoms with Crippen LogP contribution >= 0.6 is 24.2 Å². The summed E-state index contributed by atoms with van der Waals surface area (Å²) in [7, 11) is 0. The van der Waals surface area contributed by atoms with Crippen LogP contribution in [0.5, 0.6) is 5.75 Å². The predicted octanol–water partition coefficient (Wildman–Crippen LogP) is 5.70. The van der Waals surface area contributed by atoms with Crippen LogP contribution in [0.3, 0.4) is 0 Å². The van der Waals surface area contributed by atoms with Gasteiger partial charge in [0.25, 0.3) is 0 Å². The van der Waals surface area contributed by atoms with Crippen molar-refractivity contribution in [2.24, 2.45) is 0 Å². The summed E-state index contributed by atoms with van der Waals surface area (Å²) in [6.07, 6.45) is 0. The summed E-state index contributed by atoms with van der Waals surface area (Å²) < 4.78 is 19.3. The number of phenols is 1. The number of phenolic OH excluding ortho intramolecular Hbond substituents is 1. The highest BCUT2D eigenvalue weighted by Gasteiger charge is 2.44. The Morgan fingerprint density at radius 3 is 2.50 bits per heavy atom. The number of hydrogen-bond acceptors (Lipinski definition) is 4. The van der Waals surface area contributed by atoms with E-state index >= 15 is 0 Å². The number of fused-ring (bicyclic) bond motifs is 1. The highest BCUT2D eigenvalue weighted by atomic mass is 32.2. The molecule has 0 saturated heterocycles. The van der Waals surface area contributed by atoms with E-state index in [0.717, 1.165) is 21.6 Å². The molecule has 1 N–H and O–H groups in total. The number of aromatic hydroxyl groups is 1. The first-order valence-electron chi connectivity index (χ1n) is 7.38. The number of rotatable bonds is 3. The molecule has 2 nitrogen and oxygen atoms in total. The summed E-state index contributed by atoms with van der Waals surface area (Å²) in [5.41, 5.74) is 1.93. The molecule has 120 valence electrons. The molecule has 3 aromatic carbocycles. The monoisotopic (exact) mass is 356 g/mol. The van der Waals surface area contributed by atoms with E-state index in [1.54, 1.807) is 24.3 Å². The van der Waals surface area contributed by atoms with Gasteiger partial charge >= 0.3 is 0 Å². The number of halogens is 1. The molecule has 3 aromatic rings. The van der Waals surface area contributed by atoms with E-state index in [0.29, 0.717) is 4.90 Å². The lowest BCUT2D eigenvalue weighted by atomic mass is 9.80. The largest absolute Gasteiger partial charge is 0.508 e. The zero-order valence-corrected chi connectivity index (χ0v) is 14.1. The molecule has 0 radical (unpaired) electrons. The lowest BCUT2D eigenvalue weighted by molar-refractivity contribution is 0.204. The van der Waals surface area contributed by atoms with Crippen LogP contribution < -0.4 is 0 Å². The Morgan fingerprint density at radius 2 is 1.71 bits per heavy atom. The molecule has 0 bridgehead atoms. The summed E-state index contributed by atoms with van der Waals surface area (Å²) in [6, 6.07) is 22.2. The van der Waals surface area contributed by atoms with Crippen molar-refractivity contribution in [3.63, 3.8) is 0 Å². The van der Waals surface area contributed by atoms with E-state index in [9.17, 15) is 8.99 Å². The van der Waals surface area contributed by atoms with Crippen LogP contribution in [0.4, 0.5) is 3.89 Å². The molecular formula is C19H13FO2S2. The molecule has 24 heavy (non-hydrogen) atoms. The maximum Gasteiger partial charge on any atom is 0.159 e. The number of hydrogen-bond donors (Lipinski definition) is 1. The average Bonchev–Trinajstić information content (AvgIpc) is 3.03. The zero-order valence-electron chi connectivity index (χ0n) is 12.5. The molecule has 0 saturated carbocycles. The third-order valence-corrected chi connectivity index (χ3v) is 5.43. The molecule has 0 spiro atoms. The van der Waals surface area contributed by atoms with Gasteiger partial charge in [-0.25, -0.2) is 0 Å². The van der Waals surface area contributed by atoms with Gasteiger partial charge in [0, 0.05) is 27.4 Å². The molecule has 5 heteroatoms. The summed E-state index contributed by atoms with van der Waals surface area (Å²) in [6.45, 7) is 0. The predicted molar refractivity (Wildman–Crippen MR) is 94.8 cm³/mol. The van der Waals surface area contributed by atoms with E-state index in [-0.39, 0.29) is 17.9 Å². The van der Waals surface area contributed by atoms with Crippen molar-refractivity contribution in [2.45, 2.75) is 15.4 Å². The molecule has 0 aromatic heterocycles. The second-order valence-corrected chi connectivity index (χ2v) is 6.89. The summed E-state index contributed by atoms with van der Waals surface area (Å²) in [4.78, 5) is 1.56. The standard InChI is InChI=1S/C19H13FO2S2/c20-23-16-5-3-4-14(12-16)19(13-8-10-15(21)11-9-13)17-6-1-2-7-18(17)24-22-19/h1-12,21H. The minimum atomic E-state index is -0.833. The number of benzene rings is 3. The van der Waals surface area contributed by atoms with E-state index in [1.165, 1.54) is 12.0 Å². The molecule has 0 aliphatic carbocycles. The topological polar surface area (TPSA) is 29.5 Å². The van der Waals surface area contributed by atoms with Gasteiger partial charge in [-0.15, -0.1) is 0 Å². The Kier molecular flexibility index (Phi) is 4.00. The van der Waals surface area contributed by atoms with Gasteiger partial charge in [0.2, 0.25) is 0 Å². The maximum atomic E-state index is 13.1. The van der Waals surface area contributed by atoms with Crippen molar-refractivity contribution in [3.05, 3.63) is 89.5 Å². The van der Waals surface area contributed by atoms with Crippen molar-refractivity contribution in [2.75, 3.05) is 0 Å². The van der Waals surface area contributed by atoms with Crippen LogP contribution in [0.15, 0.2) is 82.6 Å². The van der Waals surface area contributed by atoms with Gasteiger partial charge in [-0.3, -0.25) is 4.18 Å². The van der Waals surface area contributed by atoms with Gasteiger partial charge in [0.1, 0.15) is 5.75 Å². The van der Waals surface area contributed by atoms with Crippen LogP contribution in [0.25, 0.3) is 0 Å². The maximum absolute atomic E-state index is 13.1. The van der Waals surface area contributed by atoms with Gasteiger partial charge in [-0.1, -0.05) is 42.5 Å². The molecule has 0 fully saturated rings. The van der Waals surface area contributed by atoms with Crippen LogP contribution in [-0.4, -0.2) is 5.11 Å². The fraction of sp³-hybridized carbons (Fsp3) is 0.0526. The van der Waals surface area contributed by atoms with Gasteiger partial charge < -0.3 is 5.11 Å². The second-order valence-electron chi connectivity index (χ2n) is 5.50. The molecule has 1 heterocycles. The Balaban J connectivity index is 1.99. The van der Waals surface area contributed by atoms with E-state index < -0.39 is 5.60 Å². The smallest absolute Gasteiger partial charge is 0.159 e. The third kappa shape index (κ3) is 2.40. The Hall–Kier alpha value is -1.95. The summed E-state index contributed by atoms with van der Waals surface area (Å²) >= 11 is 1.54. The molecule has 1 aliphatic rings. The molecule has 4 rings (SSSR count). The van der Waals surface area contributed by atoms with Crippen LogP contribution in [0, 0.1) is 0 Å². The van der Waals surface area contributed by atoms with Crippen molar-refractivity contribution in [1.82, 2.24) is 0 Å².